The van der Waals surface area contributed by atoms with Crippen molar-refractivity contribution < 1.29 is 8.42 Å². The smallest absolute Gasteiger partial charge is 0.238 e. The zero-order chi connectivity index (χ0) is 14.8. The summed E-state index contributed by atoms with van der Waals surface area (Å²) in [5.41, 5.74) is 6.91. The third-order valence-electron chi connectivity index (χ3n) is 4.04. The van der Waals surface area contributed by atoms with Crippen molar-refractivity contribution in [2.45, 2.75) is 50.0 Å². The molecule has 0 spiro atoms. The molecule has 1 saturated carbocycles. The number of rotatable bonds is 4. The van der Waals surface area contributed by atoms with Crippen LogP contribution >= 0.6 is 0 Å². The molecule has 1 aliphatic rings. The van der Waals surface area contributed by atoms with Crippen LogP contribution in [0.15, 0.2) is 23.1 Å². The second kappa shape index (κ2) is 6.01. The molecule has 5 nitrogen and oxygen atoms in total. The zero-order valence-corrected chi connectivity index (χ0v) is 12.6. The SMILES string of the molecule is CCC1CCCCC1Nc1cc(N)cc(S(N)(=O)=O)c1. The van der Waals surface area contributed by atoms with Gasteiger partial charge in [-0.25, -0.2) is 13.6 Å². The number of anilines is 2. The highest BCUT2D eigenvalue weighted by Gasteiger charge is 2.23. The molecule has 0 amide bonds. The van der Waals surface area contributed by atoms with Crippen molar-refractivity contribution in [2.24, 2.45) is 11.1 Å². The molecular formula is C14H23N3O2S. The third-order valence-corrected chi connectivity index (χ3v) is 4.94. The summed E-state index contributed by atoms with van der Waals surface area (Å²) in [6, 6.07) is 5.09. The normalized spacial score (nSPS) is 23.5. The van der Waals surface area contributed by atoms with E-state index in [1.807, 2.05) is 0 Å². The second-order valence-corrected chi connectivity index (χ2v) is 7.10. The Bertz CT molecular complexity index is 572. The van der Waals surface area contributed by atoms with Crippen molar-refractivity contribution in [1.82, 2.24) is 0 Å². The van der Waals surface area contributed by atoms with Crippen LogP contribution in [0.1, 0.15) is 39.0 Å². The summed E-state index contributed by atoms with van der Waals surface area (Å²) >= 11 is 0. The minimum Gasteiger partial charge on any atom is -0.399 e. The molecule has 0 radical (unpaired) electrons. The number of primary sulfonamides is 1. The van der Waals surface area contributed by atoms with E-state index in [0.29, 0.717) is 17.6 Å². The molecule has 0 bridgehead atoms. The lowest BCUT2D eigenvalue weighted by molar-refractivity contribution is 0.317. The molecule has 6 heteroatoms. The number of benzene rings is 1. The van der Waals surface area contributed by atoms with Crippen molar-refractivity contribution in [3.8, 4) is 0 Å². The largest absolute Gasteiger partial charge is 0.399 e. The maximum atomic E-state index is 11.4. The van der Waals surface area contributed by atoms with Gasteiger partial charge in [-0.2, -0.15) is 0 Å². The zero-order valence-electron chi connectivity index (χ0n) is 11.8. The Morgan fingerprint density at radius 3 is 2.60 bits per heavy atom. The van der Waals surface area contributed by atoms with Gasteiger partial charge in [0.2, 0.25) is 10.0 Å². The predicted molar refractivity (Wildman–Crippen MR) is 81.9 cm³/mol. The first-order valence-electron chi connectivity index (χ1n) is 7.10. The summed E-state index contributed by atoms with van der Waals surface area (Å²) in [5, 5.41) is 8.61. The summed E-state index contributed by atoms with van der Waals surface area (Å²) in [6.45, 7) is 2.19. The fourth-order valence-electron chi connectivity index (χ4n) is 2.97. The molecule has 112 valence electrons. The molecule has 1 aromatic carbocycles. The fraction of sp³-hybridized carbons (Fsp3) is 0.571. The lowest BCUT2D eigenvalue weighted by Gasteiger charge is -2.32. The number of nitrogens with one attached hydrogen (secondary N) is 1. The molecule has 1 aliphatic carbocycles. The Morgan fingerprint density at radius 2 is 1.95 bits per heavy atom. The number of hydrogen-bond acceptors (Lipinski definition) is 4. The monoisotopic (exact) mass is 297 g/mol. The van der Waals surface area contributed by atoms with E-state index in [1.54, 1.807) is 12.1 Å². The van der Waals surface area contributed by atoms with Crippen LogP contribution < -0.4 is 16.2 Å². The van der Waals surface area contributed by atoms with Crippen LogP contribution in [0.4, 0.5) is 11.4 Å². The van der Waals surface area contributed by atoms with E-state index in [2.05, 4.69) is 12.2 Å². The lowest BCUT2D eigenvalue weighted by atomic mass is 9.83. The number of sulfonamides is 1. The van der Waals surface area contributed by atoms with Crippen LogP contribution in [-0.4, -0.2) is 14.5 Å². The van der Waals surface area contributed by atoms with Gasteiger partial charge in [-0.1, -0.05) is 26.2 Å². The maximum Gasteiger partial charge on any atom is 0.238 e. The van der Waals surface area contributed by atoms with E-state index in [4.69, 9.17) is 10.9 Å². The summed E-state index contributed by atoms with van der Waals surface area (Å²) in [7, 11) is -3.73. The van der Waals surface area contributed by atoms with Gasteiger partial charge < -0.3 is 11.1 Å². The molecule has 20 heavy (non-hydrogen) atoms. The quantitative estimate of drug-likeness (QED) is 0.743. The fourth-order valence-corrected chi connectivity index (χ4v) is 3.56. The average Bonchev–Trinajstić information content (AvgIpc) is 2.37. The van der Waals surface area contributed by atoms with E-state index in [-0.39, 0.29) is 4.90 Å². The Kier molecular flexibility index (Phi) is 4.55. The predicted octanol–water partition coefficient (Wildman–Crippen LogP) is 2.30. The Labute approximate surface area is 120 Å². The molecule has 2 atom stereocenters. The third kappa shape index (κ3) is 3.64. The molecule has 2 rings (SSSR count). The first kappa shape index (κ1) is 15.1. The Morgan fingerprint density at radius 1 is 1.25 bits per heavy atom. The Hall–Kier alpha value is -1.27. The Balaban J connectivity index is 2.22. The van der Waals surface area contributed by atoms with Gasteiger partial charge >= 0.3 is 0 Å². The van der Waals surface area contributed by atoms with Crippen molar-refractivity contribution in [2.75, 3.05) is 11.1 Å². The van der Waals surface area contributed by atoms with Crippen LogP contribution in [0.25, 0.3) is 0 Å². The van der Waals surface area contributed by atoms with Gasteiger partial charge in [0.15, 0.2) is 0 Å². The van der Waals surface area contributed by atoms with Gasteiger partial charge in [-0.15, -0.1) is 0 Å². The van der Waals surface area contributed by atoms with Gasteiger partial charge in [-0.3, -0.25) is 0 Å². The molecular weight excluding hydrogens is 274 g/mol. The van der Waals surface area contributed by atoms with E-state index in [9.17, 15) is 8.42 Å². The molecule has 2 unspecified atom stereocenters. The van der Waals surface area contributed by atoms with Gasteiger partial charge in [0.25, 0.3) is 0 Å². The lowest BCUT2D eigenvalue weighted by Crippen LogP contribution is -2.31. The first-order chi connectivity index (χ1) is 9.40. The average molecular weight is 297 g/mol. The van der Waals surface area contributed by atoms with Gasteiger partial charge in [-0.05, 0) is 37.0 Å². The minimum absolute atomic E-state index is 0.0591. The minimum atomic E-state index is -3.73. The highest BCUT2D eigenvalue weighted by atomic mass is 32.2. The summed E-state index contributed by atoms with van der Waals surface area (Å²) in [6.07, 6.45) is 5.94. The summed E-state index contributed by atoms with van der Waals surface area (Å²) in [5.74, 6) is 0.628. The summed E-state index contributed by atoms with van der Waals surface area (Å²) in [4.78, 5) is 0.0591. The van der Waals surface area contributed by atoms with Crippen molar-refractivity contribution in [1.29, 1.82) is 0 Å². The highest BCUT2D eigenvalue weighted by molar-refractivity contribution is 7.89. The van der Waals surface area contributed by atoms with E-state index in [1.165, 1.54) is 25.3 Å². The van der Waals surface area contributed by atoms with E-state index < -0.39 is 10.0 Å². The molecule has 1 fully saturated rings. The van der Waals surface area contributed by atoms with Crippen LogP contribution in [0.2, 0.25) is 0 Å². The van der Waals surface area contributed by atoms with Crippen LogP contribution in [0.3, 0.4) is 0 Å². The van der Waals surface area contributed by atoms with E-state index in [0.717, 1.165) is 18.5 Å². The molecule has 1 aromatic rings. The van der Waals surface area contributed by atoms with Gasteiger partial charge in [0.1, 0.15) is 0 Å². The second-order valence-electron chi connectivity index (χ2n) is 5.54. The van der Waals surface area contributed by atoms with Crippen molar-refractivity contribution >= 4 is 21.4 Å². The van der Waals surface area contributed by atoms with Gasteiger partial charge in [0.05, 0.1) is 4.90 Å². The number of nitrogen functional groups attached to an aromatic ring is 1. The summed E-state index contributed by atoms with van der Waals surface area (Å²) < 4.78 is 22.9. The standard InChI is InChI=1S/C14H23N3O2S/c1-2-10-5-3-4-6-14(10)17-12-7-11(15)8-13(9-12)20(16,18)19/h7-10,14,17H,2-6,15H2,1H3,(H2,16,18,19). The van der Waals surface area contributed by atoms with Crippen molar-refractivity contribution in [3.63, 3.8) is 0 Å². The van der Waals surface area contributed by atoms with Crippen LogP contribution in [0, 0.1) is 5.92 Å². The van der Waals surface area contributed by atoms with E-state index >= 15 is 0 Å². The van der Waals surface area contributed by atoms with Gasteiger partial charge in [0, 0.05) is 17.4 Å². The molecule has 0 aliphatic heterocycles. The highest BCUT2D eigenvalue weighted by Crippen LogP contribution is 2.30. The first-order valence-corrected chi connectivity index (χ1v) is 8.64. The number of hydrogen-bond donors (Lipinski definition) is 3. The van der Waals surface area contributed by atoms with Crippen LogP contribution in [-0.2, 0) is 10.0 Å². The topological polar surface area (TPSA) is 98.2 Å². The maximum absolute atomic E-state index is 11.4. The molecule has 0 heterocycles. The van der Waals surface area contributed by atoms with Crippen LogP contribution in [0.5, 0.6) is 0 Å². The molecule has 0 aromatic heterocycles. The number of nitrogens with two attached hydrogens (primary N) is 2. The molecule has 5 N–H and O–H groups in total. The molecule has 0 saturated heterocycles. The van der Waals surface area contributed by atoms with Crippen molar-refractivity contribution in [3.05, 3.63) is 18.2 Å².